The summed E-state index contributed by atoms with van der Waals surface area (Å²) >= 11 is 0. The van der Waals surface area contributed by atoms with Crippen LogP contribution in [0.15, 0.2) is 24.3 Å². The molecule has 5 heteroatoms. The molecule has 0 N–H and O–H groups in total. The van der Waals surface area contributed by atoms with Crippen molar-refractivity contribution in [2.45, 2.75) is 98.0 Å². The third-order valence-corrected chi connectivity index (χ3v) is 8.62. The molecule has 2 unspecified atom stereocenters. The van der Waals surface area contributed by atoms with Crippen molar-refractivity contribution in [3.05, 3.63) is 29.8 Å². The Morgan fingerprint density at radius 1 is 0.912 bits per heavy atom. The summed E-state index contributed by atoms with van der Waals surface area (Å²) < 4.78 is 15.7. The van der Waals surface area contributed by atoms with E-state index in [4.69, 9.17) is 9.47 Å². The van der Waals surface area contributed by atoms with Gasteiger partial charge in [0, 0.05) is 0 Å². The number of hydrogen-bond acceptors (Lipinski definition) is 5. The summed E-state index contributed by atoms with van der Waals surface area (Å²) in [4.78, 5) is 23.2. The molecule has 0 heterocycles. The summed E-state index contributed by atoms with van der Waals surface area (Å²) in [6, 6.07) is 7.53. The van der Waals surface area contributed by atoms with E-state index in [9.17, 15) is 9.59 Å². The highest BCUT2D eigenvalue weighted by Gasteiger charge is 2.57. The van der Waals surface area contributed by atoms with Gasteiger partial charge in [-0.1, -0.05) is 39.8 Å². The molecule has 0 amide bonds. The number of carbonyl (C=O) groups is 2. The molecule has 4 fully saturated rings. The Morgan fingerprint density at radius 2 is 1.47 bits per heavy atom. The fourth-order valence-corrected chi connectivity index (χ4v) is 6.11. The Labute approximate surface area is 205 Å². The van der Waals surface area contributed by atoms with Crippen LogP contribution in [0.3, 0.4) is 0 Å². The summed E-state index contributed by atoms with van der Waals surface area (Å²) in [7, 11) is 0. The highest BCUT2D eigenvalue weighted by atomic mass is 16.7. The monoisotopic (exact) mass is 472 g/mol. The summed E-state index contributed by atoms with van der Waals surface area (Å²) in [6.45, 7) is 12.7. The number of rotatable bonds is 7. The minimum atomic E-state index is -0.654. The Balaban J connectivity index is 0.000000192. The van der Waals surface area contributed by atoms with Gasteiger partial charge in [-0.05, 0) is 106 Å². The quantitative estimate of drug-likeness (QED) is 0.303. The molecule has 0 radical (unpaired) electrons. The van der Waals surface area contributed by atoms with Crippen molar-refractivity contribution in [3.63, 3.8) is 0 Å². The summed E-state index contributed by atoms with van der Waals surface area (Å²) in [5, 5.41) is 0. The maximum Gasteiger partial charge on any atom is 0.513 e. The van der Waals surface area contributed by atoms with E-state index in [0.29, 0.717) is 30.1 Å². The van der Waals surface area contributed by atoms with Crippen LogP contribution in [-0.4, -0.2) is 24.3 Å². The van der Waals surface area contributed by atoms with Crippen molar-refractivity contribution in [2.75, 3.05) is 6.61 Å². The molecule has 4 saturated carbocycles. The van der Waals surface area contributed by atoms with Crippen molar-refractivity contribution in [3.8, 4) is 5.75 Å². The van der Waals surface area contributed by atoms with Crippen LogP contribution in [0.2, 0.25) is 0 Å². The van der Waals surface area contributed by atoms with Crippen LogP contribution in [0, 0.1) is 29.6 Å². The van der Waals surface area contributed by atoms with E-state index in [0.717, 1.165) is 24.7 Å². The van der Waals surface area contributed by atoms with E-state index in [1.54, 1.807) is 19.1 Å². The fourth-order valence-electron chi connectivity index (χ4n) is 6.11. The first-order chi connectivity index (χ1) is 16.2. The number of hydrogen-bond donors (Lipinski definition) is 0. The zero-order valence-electron chi connectivity index (χ0n) is 22.0. The number of carbonyl (C=O) groups excluding carboxylic acids is 2. The highest BCUT2D eigenvalue weighted by Crippen LogP contribution is 2.59. The van der Waals surface area contributed by atoms with Crippen molar-refractivity contribution in [1.82, 2.24) is 0 Å². The van der Waals surface area contributed by atoms with Gasteiger partial charge in [0.2, 0.25) is 0 Å². The molecule has 190 valence electrons. The topological polar surface area (TPSA) is 61.8 Å². The lowest BCUT2D eigenvalue weighted by atomic mass is 9.50. The Bertz CT molecular complexity index is 786. The van der Waals surface area contributed by atoms with Gasteiger partial charge in [0.15, 0.2) is 0 Å². The van der Waals surface area contributed by atoms with Gasteiger partial charge in [0.1, 0.15) is 11.4 Å². The molecule has 4 aliphatic carbocycles. The largest absolute Gasteiger partial charge is 0.513 e. The SMILES string of the molecule is CCC(C)C(=O)OC1(C)C2CC3CC(C2)CC1C3.CCOC(=O)Oc1ccc(C(C)CC)cc1. The molecule has 0 saturated heterocycles. The van der Waals surface area contributed by atoms with E-state index in [-0.39, 0.29) is 17.5 Å². The van der Waals surface area contributed by atoms with Crippen LogP contribution in [-0.2, 0) is 14.3 Å². The minimum absolute atomic E-state index is 0.0347. The molecular weight excluding hydrogens is 428 g/mol. The third-order valence-electron chi connectivity index (χ3n) is 8.62. The molecule has 0 spiro atoms. The average Bonchev–Trinajstić information content (AvgIpc) is 2.82. The molecule has 2 atom stereocenters. The predicted octanol–water partition coefficient (Wildman–Crippen LogP) is 7.53. The fraction of sp³-hybridized carbons (Fsp3) is 0.724. The van der Waals surface area contributed by atoms with Gasteiger partial charge in [-0.15, -0.1) is 0 Å². The lowest BCUT2D eigenvalue weighted by Crippen LogP contribution is -2.58. The Hall–Kier alpha value is -2.04. The Morgan fingerprint density at radius 3 is 1.94 bits per heavy atom. The van der Waals surface area contributed by atoms with E-state index in [2.05, 4.69) is 32.4 Å². The molecule has 5 rings (SSSR count). The standard InChI is InChI=1S/C16H26O2.C13H18O3/c1-4-10(2)15(17)18-16(3)13-6-11-5-12(8-13)9-14(16)7-11;1-4-10(3)11-6-8-12(9-7-11)16-13(14)15-5-2/h10-14H,4-9H2,1-3H3;6-10H,4-5H2,1-3H3. The zero-order chi connectivity index (χ0) is 24.9. The molecule has 34 heavy (non-hydrogen) atoms. The maximum absolute atomic E-state index is 12.1. The number of esters is 1. The van der Waals surface area contributed by atoms with Crippen LogP contribution < -0.4 is 4.74 Å². The molecule has 4 aliphatic rings. The molecular formula is C29H44O5. The summed E-state index contributed by atoms with van der Waals surface area (Å²) in [5.41, 5.74) is 1.10. The average molecular weight is 473 g/mol. The third kappa shape index (κ3) is 6.14. The summed E-state index contributed by atoms with van der Waals surface area (Å²) in [6.07, 6.45) is 7.98. The van der Waals surface area contributed by atoms with Gasteiger partial charge in [0.05, 0.1) is 12.5 Å². The molecule has 0 aliphatic heterocycles. The van der Waals surface area contributed by atoms with Crippen molar-refractivity contribution in [1.29, 1.82) is 0 Å². The van der Waals surface area contributed by atoms with Crippen molar-refractivity contribution < 1.29 is 23.8 Å². The first-order valence-electron chi connectivity index (χ1n) is 13.4. The van der Waals surface area contributed by atoms with Crippen LogP contribution in [0.4, 0.5) is 4.79 Å². The van der Waals surface area contributed by atoms with Gasteiger partial charge >= 0.3 is 12.1 Å². The van der Waals surface area contributed by atoms with E-state index in [1.807, 2.05) is 19.1 Å². The van der Waals surface area contributed by atoms with Crippen molar-refractivity contribution in [2.24, 2.45) is 29.6 Å². The molecule has 1 aromatic carbocycles. The van der Waals surface area contributed by atoms with Crippen LogP contribution in [0.25, 0.3) is 0 Å². The minimum Gasteiger partial charge on any atom is -0.459 e. The lowest BCUT2D eigenvalue weighted by molar-refractivity contribution is -0.206. The van der Waals surface area contributed by atoms with E-state index < -0.39 is 6.16 Å². The predicted molar refractivity (Wildman–Crippen MR) is 134 cm³/mol. The van der Waals surface area contributed by atoms with Crippen molar-refractivity contribution >= 4 is 12.1 Å². The van der Waals surface area contributed by atoms with Crippen LogP contribution >= 0.6 is 0 Å². The van der Waals surface area contributed by atoms with Gasteiger partial charge in [0.25, 0.3) is 0 Å². The smallest absolute Gasteiger partial charge is 0.459 e. The van der Waals surface area contributed by atoms with Gasteiger partial charge in [-0.2, -0.15) is 0 Å². The molecule has 5 nitrogen and oxygen atoms in total. The van der Waals surface area contributed by atoms with Crippen LogP contribution in [0.1, 0.15) is 98.0 Å². The lowest BCUT2D eigenvalue weighted by Gasteiger charge is -2.59. The number of ether oxygens (including phenoxy) is 3. The van der Waals surface area contributed by atoms with Gasteiger partial charge in [-0.3, -0.25) is 4.79 Å². The highest BCUT2D eigenvalue weighted by molar-refractivity contribution is 5.72. The van der Waals surface area contributed by atoms with Gasteiger partial charge in [-0.25, -0.2) is 4.79 Å². The zero-order valence-corrected chi connectivity index (χ0v) is 22.0. The normalized spacial score (nSPS) is 30.5. The van der Waals surface area contributed by atoms with E-state index >= 15 is 0 Å². The van der Waals surface area contributed by atoms with E-state index in [1.165, 1.54) is 37.7 Å². The maximum atomic E-state index is 12.1. The first-order valence-corrected chi connectivity index (χ1v) is 13.4. The van der Waals surface area contributed by atoms with Crippen LogP contribution in [0.5, 0.6) is 5.75 Å². The molecule has 1 aromatic rings. The first kappa shape index (κ1) is 26.6. The number of benzene rings is 1. The second kappa shape index (κ2) is 11.6. The molecule has 0 aromatic heterocycles. The Kier molecular flexibility index (Phi) is 9.06. The summed E-state index contributed by atoms with van der Waals surface area (Å²) in [5.74, 6) is 4.28. The second-order valence-corrected chi connectivity index (χ2v) is 10.9. The molecule has 4 bridgehead atoms. The van der Waals surface area contributed by atoms with Gasteiger partial charge < -0.3 is 14.2 Å². The second-order valence-electron chi connectivity index (χ2n) is 10.9.